The van der Waals surface area contributed by atoms with Crippen LogP contribution in [0.2, 0.25) is 0 Å². The maximum Gasteiger partial charge on any atom is 0.319 e. The first kappa shape index (κ1) is 23.9. The molecule has 6 nitrogen and oxygen atoms in total. The third kappa shape index (κ3) is 6.85. The van der Waals surface area contributed by atoms with Crippen LogP contribution in [0.5, 0.6) is 0 Å². The van der Waals surface area contributed by atoms with E-state index in [9.17, 15) is 9.59 Å². The van der Waals surface area contributed by atoms with Crippen LogP contribution in [0.4, 0.5) is 0 Å². The van der Waals surface area contributed by atoms with Crippen LogP contribution >= 0.6 is 0 Å². The lowest BCUT2D eigenvalue weighted by Crippen LogP contribution is -2.46. The van der Waals surface area contributed by atoms with E-state index in [1.165, 1.54) is 6.92 Å². The van der Waals surface area contributed by atoms with Crippen molar-refractivity contribution in [2.45, 2.75) is 45.4 Å². The lowest BCUT2D eigenvalue weighted by molar-refractivity contribution is -0.166. The zero-order valence-corrected chi connectivity index (χ0v) is 18.5. The third-order valence-corrected chi connectivity index (χ3v) is 5.17. The summed E-state index contributed by atoms with van der Waals surface area (Å²) in [4.78, 5) is 24.5. The van der Waals surface area contributed by atoms with Crippen LogP contribution in [0.3, 0.4) is 0 Å². The fourth-order valence-corrected chi connectivity index (χ4v) is 3.55. The van der Waals surface area contributed by atoms with Crippen molar-refractivity contribution >= 4 is 11.8 Å². The minimum Gasteiger partial charge on any atom is -0.465 e. The maximum atomic E-state index is 12.4. The van der Waals surface area contributed by atoms with E-state index in [1.54, 1.807) is 13.0 Å². The average molecular weight is 439 g/mol. The number of hydrogen-bond donors (Lipinski definition) is 0. The Morgan fingerprint density at radius 1 is 0.938 bits per heavy atom. The highest BCUT2D eigenvalue weighted by molar-refractivity contribution is 5.98. The first-order valence-electron chi connectivity index (χ1n) is 10.9. The van der Waals surface area contributed by atoms with E-state index in [0.29, 0.717) is 13.2 Å². The molecule has 0 amide bonds. The smallest absolute Gasteiger partial charge is 0.319 e. The minimum absolute atomic E-state index is 0.200. The van der Waals surface area contributed by atoms with Crippen molar-refractivity contribution in [2.24, 2.45) is 5.92 Å². The molecule has 0 fully saturated rings. The Kier molecular flexibility index (Phi) is 9.16. The Morgan fingerprint density at radius 2 is 1.56 bits per heavy atom. The molecule has 3 rings (SSSR count). The highest BCUT2D eigenvalue weighted by Crippen LogP contribution is 2.24. The number of carbonyl (C=O) groups excluding carboxylic acids is 2. The van der Waals surface area contributed by atoms with E-state index >= 15 is 0 Å². The van der Waals surface area contributed by atoms with E-state index in [1.807, 2.05) is 66.7 Å². The molecule has 0 saturated carbocycles. The molecule has 1 unspecified atom stereocenters. The molecule has 0 bridgehead atoms. The molecule has 0 N–H and O–H groups in total. The summed E-state index contributed by atoms with van der Waals surface area (Å²) < 4.78 is 23.2. The van der Waals surface area contributed by atoms with Gasteiger partial charge in [-0.3, -0.25) is 9.59 Å². The van der Waals surface area contributed by atoms with Crippen LogP contribution in [-0.2, 0) is 41.8 Å². The molecule has 1 aliphatic heterocycles. The lowest BCUT2D eigenvalue weighted by Gasteiger charge is -2.34. The molecule has 0 saturated heterocycles. The summed E-state index contributed by atoms with van der Waals surface area (Å²) in [5.41, 5.74) is 2.09. The van der Waals surface area contributed by atoms with Gasteiger partial charge in [-0.15, -0.1) is 0 Å². The first-order chi connectivity index (χ1) is 15.6. The Morgan fingerprint density at radius 3 is 2.16 bits per heavy atom. The monoisotopic (exact) mass is 438 g/mol. The molecule has 6 heteroatoms. The van der Waals surface area contributed by atoms with Crippen molar-refractivity contribution < 1.29 is 28.5 Å². The molecule has 0 radical (unpaired) electrons. The van der Waals surface area contributed by atoms with E-state index in [4.69, 9.17) is 18.9 Å². The maximum absolute atomic E-state index is 12.4. The molecule has 0 aromatic heterocycles. The van der Waals surface area contributed by atoms with Crippen LogP contribution in [0, 0.1) is 5.92 Å². The second-order valence-corrected chi connectivity index (χ2v) is 7.63. The van der Waals surface area contributed by atoms with Gasteiger partial charge >= 0.3 is 5.97 Å². The topological polar surface area (TPSA) is 71.1 Å². The van der Waals surface area contributed by atoms with Crippen LogP contribution < -0.4 is 0 Å². The van der Waals surface area contributed by atoms with Crippen LogP contribution in [0.15, 0.2) is 72.8 Å². The average Bonchev–Trinajstić information content (AvgIpc) is 2.80. The second kappa shape index (κ2) is 12.3. The standard InChI is InChI=1S/C26H30O6/c1-3-30-26(28)25(19(2)27)23-15-14-22(31-17-21-12-8-5-9-13-21)24(32-23)18-29-16-20-10-6-4-7-11-20/h4-15,22-25H,3,16-18H2,1-2H3/t22-,23-,24+,25?/m0/s1. The Balaban J connectivity index is 1.70. The molecule has 0 spiro atoms. The molecule has 170 valence electrons. The summed E-state index contributed by atoms with van der Waals surface area (Å²) >= 11 is 0. The van der Waals surface area contributed by atoms with Gasteiger partial charge in [0.25, 0.3) is 0 Å². The highest BCUT2D eigenvalue weighted by atomic mass is 16.6. The van der Waals surface area contributed by atoms with Crippen LogP contribution in [0.1, 0.15) is 25.0 Å². The second-order valence-electron chi connectivity index (χ2n) is 7.63. The Hall–Kier alpha value is -2.80. The third-order valence-electron chi connectivity index (χ3n) is 5.17. The predicted molar refractivity (Wildman–Crippen MR) is 120 cm³/mol. The predicted octanol–water partition coefficient (Wildman–Crippen LogP) is 3.88. The number of hydrogen-bond acceptors (Lipinski definition) is 6. The van der Waals surface area contributed by atoms with Crippen molar-refractivity contribution in [2.75, 3.05) is 13.2 Å². The zero-order chi connectivity index (χ0) is 22.8. The highest BCUT2D eigenvalue weighted by Gasteiger charge is 2.38. The Bertz CT molecular complexity index is 880. The van der Waals surface area contributed by atoms with E-state index in [0.717, 1.165) is 11.1 Å². The molecule has 4 atom stereocenters. The van der Waals surface area contributed by atoms with Gasteiger partial charge in [0.05, 0.1) is 32.5 Å². The van der Waals surface area contributed by atoms with Gasteiger partial charge in [-0.1, -0.05) is 72.8 Å². The van der Waals surface area contributed by atoms with E-state index < -0.39 is 24.1 Å². The first-order valence-corrected chi connectivity index (χ1v) is 10.9. The minimum atomic E-state index is -1.02. The van der Waals surface area contributed by atoms with Crippen molar-refractivity contribution in [3.05, 3.63) is 83.9 Å². The van der Waals surface area contributed by atoms with Gasteiger partial charge in [0.15, 0.2) is 0 Å². The van der Waals surface area contributed by atoms with Gasteiger partial charge in [-0.05, 0) is 25.0 Å². The summed E-state index contributed by atoms with van der Waals surface area (Å²) in [6, 6.07) is 19.7. The van der Waals surface area contributed by atoms with Crippen molar-refractivity contribution in [3.63, 3.8) is 0 Å². The van der Waals surface area contributed by atoms with E-state index in [-0.39, 0.29) is 25.1 Å². The number of ketones is 1. The summed E-state index contributed by atoms with van der Waals surface area (Å²) in [5.74, 6) is -1.90. The van der Waals surface area contributed by atoms with Gasteiger partial charge in [0, 0.05) is 0 Å². The van der Waals surface area contributed by atoms with Crippen molar-refractivity contribution in [3.8, 4) is 0 Å². The Labute approximate surface area is 189 Å². The number of rotatable bonds is 11. The van der Waals surface area contributed by atoms with Gasteiger partial charge in [0.1, 0.15) is 23.9 Å². The number of esters is 1. The fourth-order valence-electron chi connectivity index (χ4n) is 3.55. The molecule has 32 heavy (non-hydrogen) atoms. The van der Waals surface area contributed by atoms with Gasteiger partial charge in [0.2, 0.25) is 0 Å². The quantitative estimate of drug-likeness (QED) is 0.301. The van der Waals surface area contributed by atoms with Gasteiger partial charge in [-0.2, -0.15) is 0 Å². The molecular weight excluding hydrogens is 408 g/mol. The number of ether oxygens (including phenoxy) is 4. The number of benzene rings is 2. The summed E-state index contributed by atoms with van der Waals surface area (Å²) in [6.45, 7) is 4.37. The fraction of sp³-hybridized carbons (Fsp3) is 0.385. The van der Waals surface area contributed by atoms with Crippen molar-refractivity contribution in [1.29, 1.82) is 0 Å². The molecule has 2 aromatic carbocycles. The molecule has 2 aromatic rings. The van der Waals surface area contributed by atoms with Crippen molar-refractivity contribution in [1.82, 2.24) is 0 Å². The SMILES string of the molecule is CCOC(=O)C(C(C)=O)[C@@H]1C=C[C@H](OCc2ccccc2)[C@@H](COCc2ccccc2)O1. The number of carbonyl (C=O) groups is 2. The van der Waals surface area contributed by atoms with Gasteiger partial charge < -0.3 is 18.9 Å². The van der Waals surface area contributed by atoms with Crippen LogP contribution in [0.25, 0.3) is 0 Å². The van der Waals surface area contributed by atoms with Crippen LogP contribution in [-0.4, -0.2) is 43.3 Å². The largest absolute Gasteiger partial charge is 0.465 e. The summed E-state index contributed by atoms with van der Waals surface area (Å²) in [7, 11) is 0. The molecule has 1 heterocycles. The normalized spacial score (nSPS) is 21.1. The summed E-state index contributed by atoms with van der Waals surface area (Å²) in [6.07, 6.45) is 1.98. The molecular formula is C26H30O6. The van der Waals surface area contributed by atoms with Gasteiger partial charge in [-0.25, -0.2) is 0 Å². The zero-order valence-electron chi connectivity index (χ0n) is 18.5. The molecule has 0 aliphatic carbocycles. The molecule has 1 aliphatic rings. The summed E-state index contributed by atoms with van der Waals surface area (Å²) in [5, 5.41) is 0. The van der Waals surface area contributed by atoms with E-state index in [2.05, 4.69) is 0 Å². The lowest BCUT2D eigenvalue weighted by atomic mass is 9.94. The number of Topliss-reactive ketones (excluding diaryl/α,β-unsaturated/α-hetero) is 1.